The fourth-order valence-corrected chi connectivity index (χ4v) is 4.94. The molecular formula is C23H39N4O7P. The summed E-state index contributed by atoms with van der Waals surface area (Å²) in [7, 11) is -1.60. The van der Waals surface area contributed by atoms with Gasteiger partial charge in [0.1, 0.15) is 8.30 Å². The van der Waals surface area contributed by atoms with E-state index in [2.05, 4.69) is 0 Å². The number of aryl methyl sites for hydroxylation is 1. The highest BCUT2D eigenvalue weighted by molar-refractivity contribution is 7.48. The minimum Gasteiger partial charge on any atom is -0.480 e. The van der Waals surface area contributed by atoms with Crippen LogP contribution >= 0.6 is 8.30 Å². The molecule has 1 aromatic rings. The summed E-state index contributed by atoms with van der Waals surface area (Å²) < 4.78 is 1.83. The molecule has 1 atom stereocenters. The minimum atomic E-state index is -1.60. The Bertz CT molecular complexity index is 797. The molecule has 1 fully saturated rings. The molecule has 1 aromatic carbocycles. The van der Waals surface area contributed by atoms with E-state index in [1.165, 1.54) is 4.90 Å². The van der Waals surface area contributed by atoms with Crippen molar-refractivity contribution in [3.05, 3.63) is 35.4 Å². The molecule has 198 valence electrons. The highest BCUT2D eigenvalue weighted by Gasteiger charge is 2.24. The number of rotatable bonds is 7. The fourth-order valence-electron chi connectivity index (χ4n) is 3.56. The van der Waals surface area contributed by atoms with E-state index in [4.69, 9.17) is 5.11 Å². The summed E-state index contributed by atoms with van der Waals surface area (Å²) >= 11 is 0. The van der Waals surface area contributed by atoms with Crippen LogP contribution in [0, 0.1) is 6.92 Å². The average Bonchev–Trinajstić information content (AvgIpc) is 2.79. The van der Waals surface area contributed by atoms with Crippen LogP contribution in [0.1, 0.15) is 25.0 Å². The molecule has 0 aliphatic carbocycles. The normalized spacial score (nSPS) is 17.9. The summed E-state index contributed by atoms with van der Waals surface area (Å²) in [5.74, 6) is -2.01. The van der Waals surface area contributed by atoms with Gasteiger partial charge in [0.05, 0.1) is 13.1 Å². The second kappa shape index (κ2) is 16.4. The first kappa shape index (κ1) is 30.7. The van der Waals surface area contributed by atoms with Crippen molar-refractivity contribution < 1.29 is 34.6 Å². The molecule has 1 aliphatic heterocycles. The lowest BCUT2D eigenvalue weighted by molar-refractivity contribution is -0.140. The Balaban J connectivity index is 0.00000298. The van der Waals surface area contributed by atoms with E-state index in [-0.39, 0.29) is 32.7 Å². The van der Waals surface area contributed by atoms with Gasteiger partial charge in [-0.15, -0.1) is 0 Å². The summed E-state index contributed by atoms with van der Waals surface area (Å²) in [6, 6.07) is 7.85. The van der Waals surface area contributed by atoms with Crippen LogP contribution in [0.15, 0.2) is 24.3 Å². The Morgan fingerprint density at radius 3 is 1.69 bits per heavy atom. The SMILES string of the molecule is CC.Cc1ccc(CP(O)N2CCN(CC(=O)O)CCN(CC(=O)O)CCN(C(=O)O)CC2)cc1. The number of nitrogens with zero attached hydrogens (tertiary/aromatic N) is 4. The molecule has 0 bridgehead atoms. The van der Waals surface area contributed by atoms with Crippen molar-refractivity contribution in [2.24, 2.45) is 0 Å². The number of carbonyl (C=O) groups is 3. The van der Waals surface area contributed by atoms with Crippen LogP contribution in [0.5, 0.6) is 0 Å². The molecule has 0 saturated carbocycles. The Labute approximate surface area is 208 Å². The first-order valence-corrected chi connectivity index (χ1v) is 13.2. The lowest BCUT2D eigenvalue weighted by atomic mass is 10.2. The van der Waals surface area contributed by atoms with Gasteiger partial charge in [-0.1, -0.05) is 43.7 Å². The molecule has 35 heavy (non-hydrogen) atoms. The van der Waals surface area contributed by atoms with Crippen LogP contribution in [0.2, 0.25) is 0 Å². The first-order chi connectivity index (χ1) is 16.6. The number of benzene rings is 1. The van der Waals surface area contributed by atoms with Crippen molar-refractivity contribution in [3.63, 3.8) is 0 Å². The van der Waals surface area contributed by atoms with Crippen molar-refractivity contribution in [2.45, 2.75) is 26.9 Å². The zero-order valence-electron chi connectivity index (χ0n) is 20.8. The summed E-state index contributed by atoms with van der Waals surface area (Å²) in [5.41, 5.74) is 2.09. The zero-order chi connectivity index (χ0) is 26.4. The molecule has 0 radical (unpaired) electrons. The number of carboxylic acid groups (broad SMARTS) is 3. The lowest BCUT2D eigenvalue weighted by Crippen LogP contribution is -2.47. The maximum Gasteiger partial charge on any atom is 0.407 e. The predicted molar refractivity (Wildman–Crippen MR) is 135 cm³/mol. The minimum absolute atomic E-state index is 0.122. The fraction of sp³-hybridized carbons (Fsp3) is 0.609. The quantitative estimate of drug-likeness (QED) is 0.398. The molecule has 1 saturated heterocycles. The third-order valence-corrected chi connectivity index (χ3v) is 7.18. The third kappa shape index (κ3) is 12.3. The summed E-state index contributed by atoms with van der Waals surface area (Å²) in [5, 5.41) is 28.0. The maximum absolute atomic E-state index is 11.7. The smallest absolute Gasteiger partial charge is 0.407 e. The standard InChI is InChI=1S/C21H33N4O7P.C2H6/c1-17-2-4-18(5-3-17)16-33(32)25-12-9-23(15-20(28)29)7-6-22(14-19(26)27)8-10-24(11-13-25)21(30)31;1-2/h2-5,32H,6-16H2,1H3,(H,26,27)(H,28,29)(H,30,31);1-2H3. The van der Waals surface area contributed by atoms with E-state index >= 15 is 0 Å². The highest BCUT2D eigenvalue weighted by Crippen LogP contribution is 2.39. The van der Waals surface area contributed by atoms with Gasteiger partial charge in [0, 0.05) is 58.5 Å². The van der Waals surface area contributed by atoms with Gasteiger partial charge in [-0.25, -0.2) is 4.79 Å². The molecule has 1 heterocycles. The van der Waals surface area contributed by atoms with Crippen molar-refractivity contribution >= 4 is 26.3 Å². The number of amides is 1. The Kier molecular flexibility index (Phi) is 14.4. The zero-order valence-corrected chi connectivity index (χ0v) is 21.7. The van der Waals surface area contributed by atoms with E-state index in [1.54, 1.807) is 9.80 Å². The van der Waals surface area contributed by atoms with Crippen molar-refractivity contribution in [3.8, 4) is 0 Å². The summed E-state index contributed by atoms with van der Waals surface area (Å²) in [6.45, 7) is 7.66. The number of carboxylic acids is 2. The Hall–Kier alpha value is -2.30. The van der Waals surface area contributed by atoms with E-state index < -0.39 is 26.3 Å². The lowest BCUT2D eigenvalue weighted by Gasteiger charge is -2.34. The molecular weight excluding hydrogens is 475 g/mol. The van der Waals surface area contributed by atoms with Crippen molar-refractivity contribution in [1.29, 1.82) is 0 Å². The van der Waals surface area contributed by atoms with Crippen molar-refractivity contribution in [1.82, 2.24) is 19.4 Å². The second-order valence-electron chi connectivity index (χ2n) is 8.08. The number of hydrogen-bond acceptors (Lipinski definition) is 7. The topological polar surface area (TPSA) is 145 Å². The van der Waals surface area contributed by atoms with Crippen molar-refractivity contribution in [2.75, 3.05) is 65.4 Å². The number of aliphatic carboxylic acids is 2. The maximum atomic E-state index is 11.7. The van der Waals surface area contributed by atoms with E-state index in [0.717, 1.165) is 11.1 Å². The van der Waals surface area contributed by atoms with Gasteiger partial charge in [0.2, 0.25) is 0 Å². The van der Waals surface area contributed by atoms with E-state index in [9.17, 15) is 29.5 Å². The summed E-state index contributed by atoms with van der Waals surface area (Å²) in [4.78, 5) is 49.7. The van der Waals surface area contributed by atoms with Gasteiger partial charge in [-0.05, 0) is 12.5 Å². The van der Waals surface area contributed by atoms with Gasteiger partial charge in [0.25, 0.3) is 0 Å². The molecule has 1 amide bonds. The molecule has 0 spiro atoms. The third-order valence-electron chi connectivity index (χ3n) is 5.48. The Morgan fingerprint density at radius 2 is 1.20 bits per heavy atom. The molecule has 1 aliphatic rings. The monoisotopic (exact) mass is 514 g/mol. The predicted octanol–water partition coefficient (Wildman–Crippen LogP) is 1.89. The summed E-state index contributed by atoms with van der Waals surface area (Å²) in [6.07, 6.45) is -0.677. The van der Waals surface area contributed by atoms with Gasteiger partial charge in [-0.2, -0.15) is 0 Å². The van der Waals surface area contributed by atoms with E-state index in [0.29, 0.717) is 38.9 Å². The van der Waals surface area contributed by atoms with Crippen LogP contribution in [-0.2, 0) is 15.8 Å². The first-order valence-electron chi connectivity index (χ1n) is 11.8. The van der Waals surface area contributed by atoms with Crippen LogP contribution in [0.25, 0.3) is 0 Å². The van der Waals surface area contributed by atoms with Crippen LogP contribution < -0.4 is 0 Å². The number of hydrogen-bond donors (Lipinski definition) is 4. The molecule has 1 unspecified atom stereocenters. The van der Waals surface area contributed by atoms with Gasteiger partial charge in [0.15, 0.2) is 0 Å². The second-order valence-corrected chi connectivity index (χ2v) is 9.71. The van der Waals surface area contributed by atoms with Gasteiger partial charge in [-0.3, -0.25) is 24.1 Å². The van der Waals surface area contributed by atoms with Crippen LogP contribution in [-0.4, -0.2) is 123 Å². The van der Waals surface area contributed by atoms with Crippen LogP contribution in [0.3, 0.4) is 0 Å². The molecule has 2 rings (SSSR count). The molecule has 12 heteroatoms. The van der Waals surface area contributed by atoms with E-state index in [1.807, 2.05) is 49.7 Å². The molecule has 0 aromatic heterocycles. The highest BCUT2D eigenvalue weighted by atomic mass is 31.2. The van der Waals surface area contributed by atoms with Gasteiger partial charge >= 0.3 is 18.0 Å². The molecule has 11 nitrogen and oxygen atoms in total. The van der Waals surface area contributed by atoms with Gasteiger partial charge < -0.3 is 25.1 Å². The van der Waals surface area contributed by atoms with Crippen LogP contribution in [0.4, 0.5) is 4.79 Å². The largest absolute Gasteiger partial charge is 0.480 e. The Morgan fingerprint density at radius 1 is 0.771 bits per heavy atom. The average molecular weight is 515 g/mol. The molecule has 4 N–H and O–H groups in total.